The SMILES string of the molecule is CCNC(=O)Nc1nc2cc(C3=CC4(C)CC4C=CC3=N)cc(-c3cccnc3)c2s1. The van der Waals surface area contributed by atoms with Crippen LogP contribution >= 0.6 is 11.3 Å². The number of carbonyl (C=O) groups excluding carboxylic acids is 1. The van der Waals surface area contributed by atoms with Crippen LogP contribution in [0.4, 0.5) is 9.93 Å². The Morgan fingerprint density at radius 1 is 1.35 bits per heavy atom. The van der Waals surface area contributed by atoms with E-state index in [1.807, 2.05) is 37.4 Å². The van der Waals surface area contributed by atoms with Crippen LogP contribution < -0.4 is 10.6 Å². The van der Waals surface area contributed by atoms with Gasteiger partial charge in [-0.1, -0.05) is 36.5 Å². The van der Waals surface area contributed by atoms with Gasteiger partial charge in [-0.3, -0.25) is 10.3 Å². The largest absolute Gasteiger partial charge is 0.338 e. The van der Waals surface area contributed by atoms with Crippen molar-refractivity contribution in [1.29, 1.82) is 5.41 Å². The van der Waals surface area contributed by atoms with Crippen LogP contribution in [0.15, 0.2) is 54.9 Å². The van der Waals surface area contributed by atoms with E-state index in [2.05, 4.69) is 45.7 Å². The second-order valence-electron chi connectivity index (χ2n) is 8.26. The van der Waals surface area contributed by atoms with Gasteiger partial charge in [0.2, 0.25) is 0 Å². The highest BCUT2D eigenvalue weighted by atomic mass is 32.1. The zero-order chi connectivity index (χ0) is 21.6. The summed E-state index contributed by atoms with van der Waals surface area (Å²) in [4.78, 5) is 21.0. The Morgan fingerprint density at radius 2 is 2.23 bits per heavy atom. The molecule has 31 heavy (non-hydrogen) atoms. The third-order valence-electron chi connectivity index (χ3n) is 5.94. The lowest BCUT2D eigenvalue weighted by atomic mass is 9.93. The number of anilines is 1. The van der Waals surface area contributed by atoms with E-state index in [0.29, 0.717) is 23.3 Å². The Kier molecular flexibility index (Phi) is 4.70. The summed E-state index contributed by atoms with van der Waals surface area (Å²) in [5.74, 6) is 0.513. The summed E-state index contributed by atoms with van der Waals surface area (Å²) >= 11 is 1.44. The zero-order valence-corrected chi connectivity index (χ0v) is 18.2. The minimum Gasteiger partial charge on any atom is -0.338 e. The van der Waals surface area contributed by atoms with Crippen molar-refractivity contribution in [2.24, 2.45) is 11.3 Å². The molecule has 6 nitrogen and oxygen atoms in total. The molecule has 0 saturated heterocycles. The maximum absolute atomic E-state index is 12.0. The quantitative estimate of drug-likeness (QED) is 0.511. The zero-order valence-electron chi connectivity index (χ0n) is 17.4. The number of benzene rings is 1. The van der Waals surface area contributed by atoms with Crippen molar-refractivity contribution >= 4 is 44.0 Å². The maximum Gasteiger partial charge on any atom is 0.321 e. The van der Waals surface area contributed by atoms with Crippen LogP contribution in [0.25, 0.3) is 26.9 Å². The molecule has 0 bridgehead atoms. The fourth-order valence-electron chi connectivity index (χ4n) is 4.10. The molecule has 2 unspecified atom stereocenters. The molecular formula is C24H23N5OS. The molecule has 2 amide bonds. The van der Waals surface area contributed by atoms with Gasteiger partial charge in [0.05, 0.1) is 15.9 Å². The molecule has 0 radical (unpaired) electrons. The van der Waals surface area contributed by atoms with Gasteiger partial charge >= 0.3 is 6.03 Å². The Hall–Kier alpha value is -3.32. The van der Waals surface area contributed by atoms with Crippen LogP contribution in [-0.4, -0.2) is 28.3 Å². The van der Waals surface area contributed by atoms with E-state index < -0.39 is 0 Å². The van der Waals surface area contributed by atoms with Crippen LogP contribution in [-0.2, 0) is 0 Å². The first-order chi connectivity index (χ1) is 15.0. The van der Waals surface area contributed by atoms with Gasteiger partial charge in [0.15, 0.2) is 5.13 Å². The maximum atomic E-state index is 12.0. The molecule has 5 rings (SSSR count). The lowest BCUT2D eigenvalue weighted by molar-refractivity contribution is 0.252. The highest BCUT2D eigenvalue weighted by molar-refractivity contribution is 7.22. The monoisotopic (exact) mass is 429 g/mol. The van der Waals surface area contributed by atoms with Crippen molar-refractivity contribution in [2.75, 3.05) is 11.9 Å². The van der Waals surface area contributed by atoms with E-state index >= 15 is 0 Å². The molecule has 3 aromatic rings. The molecule has 2 heterocycles. The van der Waals surface area contributed by atoms with Crippen molar-refractivity contribution in [1.82, 2.24) is 15.3 Å². The van der Waals surface area contributed by atoms with Crippen molar-refractivity contribution in [3.8, 4) is 11.1 Å². The fraction of sp³-hybridized carbons (Fsp3) is 0.250. The number of rotatable bonds is 4. The lowest BCUT2D eigenvalue weighted by Crippen LogP contribution is -2.28. The first-order valence-corrected chi connectivity index (χ1v) is 11.2. The number of urea groups is 1. The minimum atomic E-state index is -0.268. The van der Waals surface area contributed by atoms with Gasteiger partial charge in [-0.25, -0.2) is 9.78 Å². The summed E-state index contributed by atoms with van der Waals surface area (Å²) in [6, 6.07) is 7.81. The number of allylic oxidation sites excluding steroid dienone is 4. The normalized spacial score (nSPS) is 21.9. The highest BCUT2D eigenvalue weighted by Gasteiger charge is 2.47. The topological polar surface area (TPSA) is 90.8 Å². The van der Waals surface area contributed by atoms with Gasteiger partial charge in [0.25, 0.3) is 0 Å². The molecule has 2 aromatic heterocycles. The average molecular weight is 430 g/mol. The van der Waals surface area contributed by atoms with Gasteiger partial charge in [-0.05, 0) is 54.5 Å². The predicted molar refractivity (Wildman–Crippen MR) is 127 cm³/mol. The molecule has 7 heteroatoms. The summed E-state index contributed by atoms with van der Waals surface area (Å²) in [6.45, 7) is 4.67. The predicted octanol–water partition coefficient (Wildman–Crippen LogP) is 5.50. The summed E-state index contributed by atoms with van der Waals surface area (Å²) in [6.07, 6.45) is 11.0. The number of aromatic nitrogens is 2. The highest BCUT2D eigenvalue weighted by Crippen LogP contribution is 2.56. The second kappa shape index (κ2) is 7.42. The van der Waals surface area contributed by atoms with E-state index in [0.717, 1.165) is 38.9 Å². The number of nitrogens with one attached hydrogen (secondary N) is 3. The molecule has 156 valence electrons. The molecule has 2 aliphatic carbocycles. The number of hydrogen-bond acceptors (Lipinski definition) is 5. The third-order valence-corrected chi connectivity index (χ3v) is 6.96. The molecule has 1 saturated carbocycles. The number of carbonyl (C=O) groups is 1. The van der Waals surface area contributed by atoms with Crippen molar-refractivity contribution in [3.63, 3.8) is 0 Å². The van der Waals surface area contributed by atoms with Gasteiger partial charge in [0.1, 0.15) is 0 Å². The first kappa shape index (κ1) is 19.6. The summed E-state index contributed by atoms with van der Waals surface area (Å²) < 4.78 is 0.982. The average Bonchev–Trinajstić information content (AvgIpc) is 3.26. The molecular weight excluding hydrogens is 406 g/mol. The van der Waals surface area contributed by atoms with Crippen LogP contribution in [0.3, 0.4) is 0 Å². The molecule has 1 aromatic carbocycles. The van der Waals surface area contributed by atoms with E-state index in [9.17, 15) is 4.79 Å². The number of pyridine rings is 1. The van der Waals surface area contributed by atoms with Crippen molar-refractivity contribution in [2.45, 2.75) is 20.3 Å². The number of thiazole rings is 1. The van der Waals surface area contributed by atoms with Gasteiger partial charge in [-0.15, -0.1) is 0 Å². The Morgan fingerprint density at radius 3 is 3.00 bits per heavy atom. The number of nitrogens with zero attached hydrogens (tertiary/aromatic N) is 2. The standard InChI is InChI=1S/C24H23N5OS/c1-3-27-22(30)29-23-28-20-10-15(18-12-24(2)11-16(24)6-7-19(18)25)9-17(21(20)31-23)14-5-4-8-26-13-14/h4-10,12-13,16,25H,3,11H2,1-2H3,(H2,27,28,29,30). The van der Waals surface area contributed by atoms with E-state index in [-0.39, 0.29) is 11.4 Å². The van der Waals surface area contributed by atoms with Crippen LogP contribution in [0, 0.1) is 16.7 Å². The summed E-state index contributed by atoms with van der Waals surface area (Å²) in [5, 5.41) is 14.7. The fourth-order valence-corrected chi connectivity index (χ4v) is 5.07. The van der Waals surface area contributed by atoms with E-state index in [1.54, 1.807) is 6.20 Å². The molecule has 1 fully saturated rings. The van der Waals surface area contributed by atoms with E-state index in [1.165, 1.54) is 11.3 Å². The van der Waals surface area contributed by atoms with Crippen molar-refractivity contribution in [3.05, 3.63) is 60.5 Å². The smallest absolute Gasteiger partial charge is 0.321 e. The number of hydrogen-bond donors (Lipinski definition) is 3. The summed E-state index contributed by atoms with van der Waals surface area (Å²) in [5.41, 5.74) is 5.30. The second-order valence-corrected chi connectivity index (χ2v) is 9.26. The Balaban J connectivity index is 1.66. The molecule has 0 spiro atoms. The van der Waals surface area contributed by atoms with E-state index in [4.69, 9.17) is 5.41 Å². The first-order valence-electron chi connectivity index (χ1n) is 10.4. The Bertz CT molecular complexity index is 1260. The summed E-state index contributed by atoms with van der Waals surface area (Å²) in [7, 11) is 0. The Labute approximate surface area is 184 Å². The number of amides is 2. The third kappa shape index (κ3) is 3.65. The van der Waals surface area contributed by atoms with Crippen LogP contribution in [0.2, 0.25) is 0 Å². The molecule has 0 aliphatic heterocycles. The molecule has 3 N–H and O–H groups in total. The minimum absolute atomic E-state index is 0.116. The molecule has 2 aliphatic rings. The van der Waals surface area contributed by atoms with Crippen molar-refractivity contribution < 1.29 is 4.79 Å². The van der Waals surface area contributed by atoms with Gasteiger partial charge < -0.3 is 10.7 Å². The van der Waals surface area contributed by atoms with Crippen LogP contribution in [0.1, 0.15) is 25.8 Å². The van der Waals surface area contributed by atoms with Crippen LogP contribution in [0.5, 0.6) is 0 Å². The molecule has 2 atom stereocenters. The van der Waals surface area contributed by atoms with Gasteiger partial charge in [-0.2, -0.15) is 0 Å². The number of fused-ring (bicyclic) bond motifs is 2. The lowest BCUT2D eigenvalue weighted by Gasteiger charge is -2.12. The van der Waals surface area contributed by atoms with Gasteiger partial charge in [0, 0.05) is 35.6 Å².